The third-order valence-corrected chi connectivity index (χ3v) is 6.12. The number of sulfonamides is 1. The Kier molecular flexibility index (Phi) is 6.15. The van der Waals surface area contributed by atoms with Gasteiger partial charge in [0.15, 0.2) is 0 Å². The van der Waals surface area contributed by atoms with Gasteiger partial charge in [-0.2, -0.15) is 0 Å². The zero-order valence-corrected chi connectivity index (χ0v) is 17.2. The average Bonchev–Trinajstić information content (AvgIpc) is 2.66. The van der Waals surface area contributed by atoms with Gasteiger partial charge in [-0.1, -0.05) is 59.1 Å². The quantitative estimate of drug-likeness (QED) is 0.485. The second-order valence-corrected chi connectivity index (χ2v) is 8.60. The first-order valence-electron chi connectivity index (χ1n) is 7.90. The SMILES string of the molecule is O=C(Nc1cc(Cl)c(Cl)cc1Cl)c1cccc(NS(=O)(=O)c2ccccc2)c1. The molecule has 0 fully saturated rings. The number of rotatable bonds is 5. The minimum absolute atomic E-state index is 0.118. The van der Waals surface area contributed by atoms with Crippen molar-refractivity contribution in [1.29, 1.82) is 0 Å². The highest BCUT2D eigenvalue weighted by Crippen LogP contribution is 2.32. The Bertz CT molecular complexity index is 1140. The van der Waals surface area contributed by atoms with E-state index < -0.39 is 15.9 Å². The van der Waals surface area contributed by atoms with Crippen LogP contribution in [0.25, 0.3) is 0 Å². The summed E-state index contributed by atoms with van der Waals surface area (Å²) in [6.45, 7) is 0. The number of halogens is 3. The predicted molar refractivity (Wildman–Crippen MR) is 113 cm³/mol. The Morgan fingerprint density at radius 2 is 1.46 bits per heavy atom. The molecule has 0 aliphatic heterocycles. The Morgan fingerprint density at radius 1 is 0.786 bits per heavy atom. The molecule has 0 atom stereocenters. The number of anilines is 2. The second kappa shape index (κ2) is 8.41. The van der Waals surface area contributed by atoms with Gasteiger partial charge in [0.2, 0.25) is 0 Å². The van der Waals surface area contributed by atoms with E-state index in [1.54, 1.807) is 36.4 Å². The molecule has 0 saturated heterocycles. The van der Waals surface area contributed by atoms with E-state index in [0.29, 0.717) is 0 Å². The monoisotopic (exact) mass is 454 g/mol. The molecular weight excluding hydrogens is 443 g/mol. The zero-order valence-electron chi connectivity index (χ0n) is 14.1. The third-order valence-electron chi connectivity index (χ3n) is 3.69. The zero-order chi connectivity index (χ0) is 20.3. The summed E-state index contributed by atoms with van der Waals surface area (Å²) in [6, 6.07) is 16.9. The molecule has 0 unspecified atom stereocenters. The van der Waals surface area contributed by atoms with Gasteiger partial charge in [0.05, 0.1) is 25.7 Å². The van der Waals surface area contributed by atoms with Crippen molar-refractivity contribution in [2.45, 2.75) is 4.90 Å². The van der Waals surface area contributed by atoms with Gasteiger partial charge in [-0.3, -0.25) is 9.52 Å². The van der Waals surface area contributed by atoms with Crippen LogP contribution in [0.3, 0.4) is 0 Å². The van der Waals surface area contributed by atoms with E-state index in [9.17, 15) is 13.2 Å². The maximum absolute atomic E-state index is 12.5. The van der Waals surface area contributed by atoms with Gasteiger partial charge in [-0.05, 0) is 42.5 Å². The molecule has 0 aliphatic rings. The van der Waals surface area contributed by atoms with Crippen LogP contribution in [0.1, 0.15) is 10.4 Å². The molecule has 0 radical (unpaired) electrons. The van der Waals surface area contributed by atoms with Crippen molar-refractivity contribution in [2.24, 2.45) is 0 Å². The van der Waals surface area contributed by atoms with Crippen molar-refractivity contribution >= 4 is 62.1 Å². The largest absolute Gasteiger partial charge is 0.321 e. The summed E-state index contributed by atoms with van der Waals surface area (Å²) in [5, 5.41) is 3.36. The van der Waals surface area contributed by atoms with Crippen LogP contribution in [-0.2, 0) is 10.0 Å². The van der Waals surface area contributed by atoms with Crippen LogP contribution >= 0.6 is 34.8 Å². The van der Waals surface area contributed by atoms with Gasteiger partial charge in [0.25, 0.3) is 15.9 Å². The number of carbonyl (C=O) groups is 1. The fraction of sp³-hybridized carbons (Fsp3) is 0. The standard InChI is InChI=1S/C19H13Cl3N2O3S/c20-15-10-17(22)18(11-16(15)21)23-19(25)12-5-4-6-13(9-12)24-28(26,27)14-7-2-1-3-8-14/h1-11,24H,(H,23,25). The summed E-state index contributed by atoms with van der Waals surface area (Å²) in [7, 11) is -3.77. The summed E-state index contributed by atoms with van der Waals surface area (Å²) in [5.41, 5.74) is 0.767. The Morgan fingerprint density at radius 3 is 2.18 bits per heavy atom. The fourth-order valence-corrected chi connectivity index (χ4v) is 4.02. The molecule has 3 aromatic rings. The van der Waals surface area contributed by atoms with Crippen molar-refractivity contribution in [2.75, 3.05) is 10.0 Å². The molecule has 5 nitrogen and oxygen atoms in total. The van der Waals surface area contributed by atoms with Crippen molar-refractivity contribution in [3.8, 4) is 0 Å². The Balaban J connectivity index is 1.81. The Labute approximate surface area is 177 Å². The minimum atomic E-state index is -3.77. The van der Waals surface area contributed by atoms with E-state index in [0.717, 1.165) is 0 Å². The van der Waals surface area contributed by atoms with Gasteiger partial charge < -0.3 is 5.32 Å². The lowest BCUT2D eigenvalue weighted by molar-refractivity contribution is 0.102. The molecule has 0 spiro atoms. The molecule has 3 rings (SSSR count). The van der Waals surface area contributed by atoms with Gasteiger partial charge in [0.1, 0.15) is 0 Å². The highest BCUT2D eigenvalue weighted by Gasteiger charge is 2.15. The molecule has 0 bridgehead atoms. The lowest BCUT2D eigenvalue weighted by atomic mass is 10.2. The highest BCUT2D eigenvalue weighted by molar-refractivity contribution is 7.92. The summed E-state index contributed by atoms with van der Waals surface area (Å²) in [6.07, 6.45) is 0. The normalized spacial score (nSPS) is 11.1. The summed E-state index contributed by atoms with van der Waals surface area (Å²) >= 11 is 17.9. The van der Waals surface area contributed by atoms with E-state index >= 15 is 0 Å². The summed E-state index contributed by atoms with van der Waals surface area (Å²) in [4.78, 5) is 12.6. The van der Waals surface area contributed by atoms with Gasteiger partial charge in [-0.15, -0.1) is 0 Å². The van der Waals surface area contributed by atoms with Crippen LogP contribution < -0.4 is 10.0 Å². The number of hydrogen-bond acceptors (Lipinski definition) is 3. The molecule has 3 aromatic carbocycles. The van der Waals surface area contributed by atoms with Gasteiger partial charge in [-0.25, -0.2) is 8.42 Å². The number of hydrogen-bond donors (Lipinski definition) is 2. The van der Waals surface area contributed by atoms with E-state index in [1.165, 1.54) is 30.3 Å². The summed E-state index contributed by atoms with van der Waals surface area (Å²) in [5.74, 6) is -0.485. The van der Waals surface area contributed by atoms with Crippen molar-refractivity contribution in [3.63, 3.8) is 0 Å². The van der Waals surface area contributed by atoms with Crippen LogP contribution in [0, 0.1) is 0 Å². The van der Waals surface area contributed by atoms with Crippen LogP contribution in [0.4, 0.5) is 11.4 Å². The maximum atomic E-state index is 12.5. The van der Waals surface area contributed by atoms with Crippen molar-refractivity contribution < 1.29 is 13.2 Å². The van der Waals surface area contributed by atoms with Crippen LogP contribution in [-0.4, -0.2) is 14.3 Å². The van der Waals surface area contributed by atoms with Crippen LogP contribution in [0.2, 0.25) is 15.1 Å². The van der Waals surface area contributed by atoms with Gasteiger partial charge in [0, 0.05) is 11.3 Å². The first-order valence-corrected chi connectivity index (χ1v) is 10.5. The third kappa shape index (κ3) is 4.77. The number of nitrogens with one attached hydrogen (secondary N) is 2. The highest BCUT2D eigenvalue weighted by atomic mass is 35.5. The van der Waals surface area contributed by atoms with Gasteiger partial charge >= 0.3 is 0 Å². The number of benzene rings is 3. The molecule has 144 valence electrons. The molecule has 28 heavy (non-hydrogen) atoms. The lowest BCUT2D eigenvalue weighted by Crippen LogP contribution is -2.15. The number of amides is 1. The molecule has 9 heteroatoms. The number of carbonyl (C=O) groups excluding carboxylic acids is 1. The topological polar surface area (TPSA) is 75.3 Å². The molecule has 0 aliphatic carbocycles. The summed E-state index contributed by atoms with van der Waals surface area (Å²) < 4.78 is 27.3. The van der Waals surface area contributed by atoms with Crippen molar-refractivity contribution in [1.82, 2.24) is 0 Å². The van der Waals surface area contributed by atoms with Crippen molar-refractivity contribution in [3.05, 3.63) is 87.4 Å². The molecular formula is C19H13Cl3N2O3S. The lowest BCUT2D eigenvalue weighted by Gasteiger charge is -2.11. The molecule has 0 heterocycles. The fourth-order valence-electron chi connectivity index (χ4n) is 2.35. The smallest absolute Gasteiger partial charge is 0.261 e. The first kappa shape index (κ1) is 20.5. The maximum Gasteiger partial charge on any atom is 0.261 e. The van der Waals surface area contributed by atoms with Crippen LogP contribution in [0.5, 0.6) is 0 Å². The molecule has 0 saturated carbocycles. The molecule has 0 aromatic heterocycles. The van der Waals surface area contributed by atoms with E-state index in [1.807, 2.05) is 0 Å². The molecule has 2 N–H and O–H groups in total. The average molecular weight is 456 g/mol. The first-order chi connectivity index (χ1) is 13.3. The van der Waals surface area contributed by atoms with E-state index in [4.69, 9.17) is 34.8 Å². The molecule has 1 amide bonds. The van der Waals surface area contributed by atoms with E-state index in [2.05, 4.69) is 10.0 Å². The Hall–Kier alpha value is -2.25. The minimum Gasteiger partial charge on any atom is -0.321 e. The second-order valence-electron chi connectivity index (χ2n) is 5.70. The predicted octanol–water partition coefficient (Wildman–Crippen LogP) is 5.70. The van der Waals surface area contributed by atoms with Crippen LogP contribution in [0.15, 0.2) is 71.6 Å². The van der Waals surface area contributed by atoms with E-state index in [-0.39, 0.29) is 36.9 Å².